The van der Waals surface area contributed by atoms with Gasteiger partial charge in [-0.25, -0.2) is 4.79 Å². The molecule has 0 saturated heterocycles. The molecule has 3 nitrogen and oxygen atoms in total. The van der Waals surface area contributed by atoms with E-state index in [0.717, 1.165) is 0 Å². The van der Waals surface area contributed by atoms with Gasteiger partial charge in [0, 0.05) is 0 Å². The molecule has 0 aliphatic carbocycles. The molecule has 0 aromatic carbocycles. The zero-order chi connectivity index (χ0) is 8.57. The van der Waals surface area contributed by atoms with Gasteiger partial charge in [-0.2, -0.15) is 0 Å². The Bertz CT molecular complexity index is 127. The first kappa shape index (κ1) is 11.5. The van der Waals surface area contributed by atoms with E-state index in [0.29, 0.717) is 6.42 Å². The van der Waals surface area contributed by atoms with E-state index in [2.05, 4.69) is 13.2 Å². The minimum absolute atomic E-state index is 0.540. The van der Waals surface area contributed by atoms with Crippen molar-refractivity contribution in [2.75, 3.05) is 0 Å². The average Bonchev–Trinajstić information content (AvgIpc) is 1.93. The van der Waals surface area contributed by atoms with E-state index in [1.165, 1.54) is 6.08 Å². The summed E-state index contributed by atoms with van der Waals surface area (Å²) in [6, 6.07) is 0. The van der Waals surface area contributed by atoms with Crippen molar-refractivity contribution < 1.29 is 15.0 Å². The second-order valence-electron chi connectivity index (χ2n) is 1.30. The molecular weight excluding hydrogens is 132 g/mol. The molecular formula is C7H12O3. The first-order chi connectivity index (χ1) is 4.68. The Morgan fingerprint density at radius 3 is 2.00 bits per heavy atom. The molecule has 10 heavy (non-hydrogen) atoms. The second kappa shape index (κ2) is 7.75. The van der Waals surface area contributed by atoms with Crippen LogP contribution in [0.5, 0.6) is 0 Å². The summed E-state index contributed by atoms with van der Waals surface area (Å²) in [7, 11) is 0. The maximum Gasteiger partial charge on any atom is 0.370 e. The fraction of sp³-hybridized carbons (Fsp3) is 0.286. The summed E-state index contributed by atoms with van der Waals surface area (Å²) >= 11 is 0. The number of aliphatic hydroxyl groups excluding tert-OH is 1. The first-order valence-corrected chi connectivity index (χ1v) is 2.81. The molecule has 0 amide bonds. The van der Waals surface area contributed by atoms with Crippen LogP contribution in [-0.2, 0) is 4.79 Å². The van der Waals surface area contributed by atoms with E-state index < -0.39 is 11.7 Å². The second-order valence-corrected chi connectivity index (χ2v) is 1.30. The van der Waals surface area contributed by atoms with Gasteiger partial charge in [-0.15, -0.1) is 13.2 Å². The predicted octanol–water partition coefficient (Wildman–Crippen LogP) is 1.73. The third-order valence-electron chi connectivity index (χ3n) is 0.617. The molecule has 58 valence electrons. The maximum atomic E-state index is 9.77. The van der Waals surface area contributed by atoms with Gasteiger partial charge in [0.15, 0.2) is 5.76 Å². The van der Waals surface area contributed by atoms with Crippen molar-refractivity contribution in [2.45, 2.75) is 13.3 Å². The van der Waals surface area contributed by atoms with Gasteiger partial charge in [-0.05, 0) is 12.5 Å². The van der Waals surface area contributed by atoms with Crippen LogP contribution in [0, 0.1) is 0 Å². The first-order valence-electron chi connectivity index (χ1n) is 2.81. The monoisotopic (exact) mass is 144 g/mol. The zero-order valence-electron chi connectivity index (χ0n) is 6.00. The van der Waals surface area contributed by atoms with Crippen molar-refractivity contribution in [3.8, 4) is 0 Å². The summed E-state index contributed by atoms with van der Waals surface area (Å²) in [4.78, 5) is 9.77. The highest BCUT2D eigenvalue weighted by atomic mass is 16.4. The Morgan fingerprint density at radius 1 is 1.50 bits per heavy atom. The van der Waals surface area contributed by atoms with Gasteiger partial charge in [-0.1, -0.05) is 6.92 Å². The van der Waals surface area contributed by atoms with Crippen LogP contribution in [0.1, 0.15) is 13.3 Å². The molecule has 0 aromatic heterocycles. The number of carboxylic acids is 1. The van der Waals surface area contributed by atoms with Crippen LogP contribution < -0.4 is 0 Å². The lowest BCUT2D eigenvalue weighted by atomic mass is 10.4. The number of allylic oxidation sites excluding steroid dienone is 1. The van der Waals surface area contributed by atoms with Gasteiger partial charge >= 0.3 is 5.97 Å². The van der Waals surface area contributed by atoms with E-state index in [4.69, 9.17) is 10.2 Å². The van der Waals surface area contributed by atoms with Crippen LogP contribution in [0.3, 0.4) is 0 Å². The number of hydrogen-bond acceptors (Lipinski definition) is 2. The Kier molecular flexibility index (Phi) is 8.94. The molecule has 0 saturated carbocycles. The minimum Gasteiger partial charge on any atom is -0.502 e. The normalized spacial score (nSPS) is 9.50. The highest BCUT2D eigenvalue weighted by molar-refractivity contribution is 5.83. The lowest BCUT2D eigenvalue weighted by Crippen LogP contribution is -1.97. The molecule has 0 spiro atoms. The molecule has 0 aliphatic heterocycles. The van der Waals surface area contributed by atoms with E-state index in [9.17, 15) is 4.79 Å². The molecule has 0 bridgehead atoms. The summed E-state index contributed by atoms with van der Waals surface area (Å²) in [5.41, 5.74) is 0. The third kappa shape index (κ3) is 6.75. The fourth-order valence-electron chi connectivity index (χ4n) is 0.281. The largest absolute Gasteiger partial charge is 0.502 e. The minimum atomic E-state index is -1.27. The Labute approximate surface area is 60.3 Å². The summed E-state index contributed by atoms with van der Waals surface area (Å²) < 4.78 is 0. The van der Waals surface area contributed by atoms with E-state index in [-0.39, 0.29) is 0 Å². The molecule has 0 aromatic rings. The van der Waals surface area contributed by atoms with Crippen LogP contribution in [0.15, 0.2) is 25.0 Å². The predicted molar refractivity (Wildman–Crippen MR) is 39.9 cm³/mol. The van der Waals surface area contributed by atoms with E-state index >= 15 is 0 Å². The quantitative estimate of drug-likeness (QED) is 0.352. The maximum absolute atomic E-state index is 9.77. The smallest absolute Gasteiger partial charge is 0.370 e. The van der Waals surface area contributed by atoms with Crippen LogP contribution in [0.4, 0.5) is 0 Å². The molecule has 0 radical (unpaired) electrons. The molecule has 0 atom stereocenters. The van der Waals surface area contributed by atoms with Crippen LogP contribution in [0.2, 0.25) is 0 Å². The van der Waals surface area contributed by atoms with Crippen molar-refractivity contribution in [3.05, 3.63) is 25.0 Å². The summed E-state index contributed by atoms with van der Waals surface area (Å²) in [6.07, 6.45) is 1.78. The average molecular weight is 144 g/mol. The van der Waals surface area contributed by atoms with Gasteiger partial charge in [0.05, 0.1) is 0 Å². The Balaban J connectivity index is 0. The van der Waals surface area contributed by atoms with E-state index in [1.54, 1.807) is 6.92 Å². The highest BCUT2D eigenvalue weighted by Gasteiger charge is 1.99. The molecule has 0 fully saturated rings. The van der Waals surface area contributed by atoms with Gasteiger partial charge in [0.2, 0.25) is 0 Å². The Hall–Kier alpha value is -1.25. The third-order valence-corrected chi connectivity index (χ3v) is 0.617. The molecule has 0 heterocycles. The molecule has 0 unspecified atom stereocenters. The lowest BCUT2D eigenvalue weighted by Gasteiger charge is -1.86. The van der Waals surface area contributed by atoms with E-state index in [1.807, 2.05) is 0 Å². The zero-order valence-corrected chi connectivity index (χ0v) is 6.00. The lowest BCUT2D eigenvalue weighted by molar-refractivity contribution is -0.135. The molecule has 3 heteroatoms. The number of carbonyl (C=O) groups is 1. The van der Waals surface area contributed by atoms with Crippen molar-refractivity contribution in [2.24, 2.45) is 0 Å². The fourth-order valence-corrected chi connectivity index (χ4v) is 0.281. The van der Waals surface area contributed by atoms with Gasteiger partial charge in [0.25, 0.3) is 0 Å². The Morgan fingerprint density at radius 2 is 1.90 bits per heavy atom. The topological polar surface area (TPSA) is 57.5 Å². The number of carboxylic acid groups (broad SMARTS) is 1. The van der Waals surface area contributed by atoms with Crippen molar-refractivity contribution in [1.29, 1.82) is 0 Å². The summed E-state index contributed by atoms with van der Waals surface area (Å²) in [5.74, 6) is -1.85. The van der Waals surface area contributed by atoms with Gasteiger partial charge in [0.1, 0.15) is 0 Å². The number of hydrogen-bond donors (Lipinski definition) is 2. The molecule has 2 N–H and O–H groups in total. The van der Waals surface area contributed by atoms with Crippen molar-refractivity contribution in [3.63, 3.8) is 0 Å². The SMILES string of the molecule is C=C.CC/C=C(\O)C(=O)O. The van der Waals surface area contributed by atoms with Crippen molar-refractivity contribution in [1.82, 2.24) is 0 Å². The standard InChI is InChI=1S/C5H8O3.C2H4/c1-2-3-4(6)5(7)8;1-2/h3,6H,2H2,1H3,(H,7,8);1-2H2/b4-3-;. The number of rotatable bonds is 2. The summed E-state index contributed by atoms with van der Waals surface area (Å²) in [5, 5.41) is 16.4. The molecule has 0 rings (SSSR count). The number of aliphatic hydroxyl groups is 1. The summed E-state index contributed by atoms with van der Waals surface area (Å²) in [6.45, 7) is 7.75. The van der Waals surface area contributed by atoms with Gasteiger partial charge in [-0.3, -0.25) is 0 Å². The van der Waals surface area contributed by atoms with Crippen molar-refractivity contribution >= 4 is 5.97 Å². The van der Waals surface area contributed by atoms with Crippen LogP contribution in [0.25, 0.3) is 0 Å². The molecule has 0 aliphatic rings. The van der Waals surface area contributed by atoms with Crippen LogP contribution in [-0.4, -0.2) is 16.2 Å². The van der Waals surface area contributed by atoms with Crippen LogP contribution >= 0.6 is 0 Å². The number of aliphatic carboxylic acids is 1. The highest BCUT2D eigenvalue weighted by Crippen LogP contribution is 1.89. The van der Waals surface area contributed by atoms with Gasteiger partial charge < -0.3 is 10.2 Å².